The van der Waals surface area contributed by atoms with Crippen LogP contribution in [0.3, 0.4) is 0 Å². The predicted molar refractivity (Wildman–Crippen MR) is 72.3 cm³/mol. The molecule has 0 spiro atoms. The second-order valence-corrected chi connectivity index (χ2v) is 5.02. The third-order valence-electron chi connectivity index (χ3n) is 3.53. The Bertz CT molecular complexity index is 589. The van der Waals surface area contributed by atoms with Gasteiger partial charge in [0.1, 0.15) is 0 Å². The molecular weight excluding hydrogens is 258 g/mol. The number of rotatable bonds is 2. The molecule has 0 saturated carbocycles. The lowest BCUT2D eigenvalue weighted by molar-refractivity contribution is 0.327. The van der Waals surface area contributed by atoms with Crippen LogP contribution in [0.5, 0.6) is 11.5 Å². The summed E-state index contributed by atoms with van der Waals surface area (Å²) in [5, 5.41) is 26.2. The minimum absolute atomic E-state index is 0.101. The summed E-state index contributed by atoms with van der Waals surface area (Å²) < 4.78 is 5.32. The molecule has 1 aromatic carbocycles. The van der Waals surface area contributed by atoms with Crippen molar-refractivity contribution in [2.45, 2.75) is 31.7 Å². The van der Waals surface area contributed by atoms with E-state index in [-0.39, 0.29) is 17.5 Å². The molecule has 1 aromatic heterocycles. The number of aromatic nitrogens is 2. The average Bonchev–Trinajstić information content (AvgIpc) is 2.78. The van der Waals surface area contributed by atoms with Gasteiger partial charge in [-0.15, -0.1) is 0 Å². The van der Waals surface area contributed by atoms with E-state index >= 15 is 0 Å². The maximum atomic E-state index is 9.51. The fourth-order valence-corrected chi connectivity index (χ4v) is 2.40. The Hall–Kier alpha value is -2.08. The van der Waals surface area contributed by atoms with Crippen molar-refractivity contribution in [3.8, 4) is 22.9 Å². The minimum atomic E-state index is -0.193. The summed E-state index contributed by atoms with van der Waals surface area (Å²) in [5.41, 5.74) is 0.615. The van der Waals surface area contributed by atoms with Gasteiger partial charge in [0.05, 0.1) is 6.04 Å². The van der Waals surface area contributed by atoms with Crippen LogP contribution in [0.1, 0.15) is 37.6 Å². The first-order chi connectivity index (χ1) is 9.74. The predicted octanol–water partition coefficient (Wildman–Crippen LogP) is 2.35. The third-order valence-corrected chi connectivity index (χ3v) is 3.53. The molecule has 0 amide bonds. The zero-order chi connectivity index (χ0) is 13.9. The van der Waals surface area contributed by atoms with E-state index in [1.165, 1.54) is 25.0 Å². The summed E-state index contributed by atoms with van der Waals surface area (Å²) in [4.78, 5) is 4.38. The quantitative estimate of drug-likeness (QED) is 0.729. The van der Waals surface area contributed by atoms with Crippen molar-refractivity contribution >= 4 is 0 Å². The number of phenols is 2. The van der Waals surface area contributed by atoms with Crippen LogP contribution in [0, 0.1) is 0 Å². The van der Waals surface area contributed by atoms with Gasteiger partial charge in [-0.1, -0.05) is 18.0 Å². The molecule has 1 saturated heterocycles. The lowest BCUT2D eigenvalue weighted by Gasteiger charge is -2.09. The molecule has 1 unspecified atom stereocenters. The van der Waals surface area contributed by atoms with Gasteiger partial charge in [0.15, 0.2) is 11.5 Å². The number of nitrogens with one attached hydrogen (secondary N) is 1. The molecule has 3 rings (SSSR count). The van der Waals surface area contributed by atoms with Gasteiger partial charge in [0.25, 0.3) is 0 Å². The molecule has 1 atom stereocenters. The van der Waals surface area contributed by atoms with Crippen molar-refractivity contribution in [1.29, 1.82) is 0 Å². The van der Waals surface area contributed by atoms with Crippen LogP contribution in [0.25, 0.3) is 11.4 Å². The highest BCUT2D eigenvalue weighted by Crippen LogP contribution is 2.30. The highest BCUT2D eigenvalue weighted by molar-refractivity contribution is 5.59. The second-order valence-electron chi connectivity index (χ2n) is 5.02. The van der Waals surface area contributed by atoms with Crippen molar-refractivity contribution in [1.82, 2.24) is 15.5 Å². The fraction of sp³-hybridized carbons (Fsp3) is 0.429. The van der Waals surface area contributed by atoms with Gasteiger partial charge in [-0.3, -0.25) is 0 Å². The number of nitrogens with zero attached hydrogens (tertiary/aromatic N) is 2. The van der Waals surface area contributed by atoms with Gasteiger partial charge in [-0.05, 0) is 37.6 Å². The number of hydrogen-bond acceptors (Lipinski definition) is 6. The highest BCUT2D eigenvalue weighted by Gasteiger charge is 2.20. The van der Waals surface area contributed by atoms with Gasteiger partial charge in [-0.25, -0.2) is 0 Å². The molecule has 1 aliphatic heterocycles. The first-order valence-corrected chi connectivity index (χ1v) is 6.83. The molecule has 2 heterocycles. The van der Waals surface area contributed by atoms with Crippen molar-refractivity contribution in [2.75, 3.05) is 6.54 Å². The maximum absolute atomic E-state index is 9.51. The van der Waals surface area contributed by atoms with E-state index < -0.39 is 0 Å². The Labute approximate surface area is 116 Å². The summed E-state index contributed by atoms with van der Waals surface area (Å²) in [7, 11) is 0. The van der Waals surface area contributed by atoms with Crippen LogP contribution >= 0.6 is 0 Å². The van der Waals surface area contributed by atoms with E-state index in [1.54, 1.807) is 6.07 Å². The van der Waals surface area contributed by atoms with Gasteiger partial charge in [0.2, 0.25) is 11.7 Å². The first-order valence-electron chi connectivity index (χ1n) is 6.83. The van der Waals surface area contributed by atoms with E-state index in [0.29, 0.717) is 17.3 Å². The summed E-state index contributed by atoms with van der Waals surface area (Å²) in [6.45, 7) is 0.961. The summed E-state index contributed by atoms with van der Waals surface area (Å²) in [6.07, 6.45) is 4.53. The molecule has 0 aliphatic carbocycles. The SMILES string of the molecule is Oc1ccc(-c2noc(C3CCCCCN3)n2)cc1O. The maximum Gasteiger partial charge on any atom is 0.244 e. The Balaban J connectivity index is 1.83. The topological polar surface area (TPSA) is 91.4 Å². The molecule has 20 heavy (non-hydrogen) atoms. The smallest absolute Gasteiger partial charge is 0.244 e. The molecule has 106 valence electrons. The summed E-state index contributed by atoms with van der Waals surface area (Å²) in [6, 6.07) is 4.57. The molecule has 2 aromatic rings. The zero-order valence-corrected chi connectivity index (χ0v) is 11.0. The molecular formula is C14H17N3O3. The molecule has 3 N–H and O–H groups in total. The van der Waals surface area contributed by atoms with E-state index in [1.807, 2.05) is 0 Å². The van der Waals surface area contributed by atoms with Crippen molar-refractivity contribution < 1.29 is 14.7 Å². The van der Waals surface area contributed by atoms with Gasteiger partial charge in [0, 0.05) is 5.56 Å². The Morgan fingerprint density at radius 2 is 2.05 bits per heavy atom. The van der Waals surface area contributed by atoms with Gasteiger partial charge < -0.3 is 20.1 Å². The molecule has 6 nitrogen and oxygen atoms in total. The largest absolute Gasteiger partial charge is 0.504 e. The number of aromatic hydroxyl groups is 2. The molecule has 1 fully saturated rings. The van der Waals surface area contributed by atoms with Crippen LogP contribution in [0.4, 0.5) is 0 Å². The summed E-state index contributed by atoms with van der Waals surface area (Å²) in [5.74, 6) is 0.639. The number of phenolic OH excluding ortho intramolecular Hbond substituents is 2. The summed E-state index contributed by atoms with van der Waals surface area (Å²) >= 11 is 0. The molecule has 0 bridgehead atoms. The first kappa shape index (κ1) is 12.9. The highest BCUT2D eigenvalue weighted by atomic mass is 16.5. The van der Waals surface area contributed by atoms with Gasteiger partial charge >= 0.3 is 0 Å². The Morgan fingerprint density at radius 3 is 2.90 bits per heavy atom. The van der Waals surface area contributed by atoms with E-state index in [9.17, 15) is 10.2 Å². The van der Waals surface area contributed by atoms with E-state index in [0.717, 1.165) is 19.4 Å². The number of benzene rings is 1. The molecule has 0 radical (unpaired) electrons. The fourth-order valence-electron chi connectivity index (χ4n) is 2.40. The normalized spacial score (nSPS) is 19.7. The van der Waals surface area contributed by atoms with E-state index in [2.05, 4.69) is 15.5 Å². The van der Waals surface area contributed by atoms with Crippen LogP contribution in [0.2, 0.25) is 0 Å². The number of hydrogen-bond donors (Lipinski definition) is 3. The van der Waals surface area contributed by atoms with Gasteiger partial charge in [-0.2, -0.15) is 4.98 Å². The van der Waals surface area contributed by atoms with Crippen molar-refractivity contribution in [3.05, 3.63) is 24.1 Å². The van der Waals surface area contributed by atoms with Crippen LogP contribution < -0.4 is 5.32 Å². The Kier molecular flexibility index (Phi) is 3.56. The average molecular weight is 275 g/mol. The molecule has 1 aliphatic rings. The van der Waals surface area contributed by atoms with E-state index in [4.69, 9.17) is 4.52 Å². The minimum Gasteiger partial charge on any atom is -0.504 e. The lowest BCUT2D eigenvalue weighted by atomic mass is 10.1. The van der Waals surface area contributed by atoms with Crippen molar-refractivity contribution in [2.24, 2.45) is 0 Å². The monoisotopic (exact) mass is 275 g/mol. The standard InChI is InChI=1S/C14H17N3O3/c18-11-6-5-9(8-12(11)19)13-16-14(20-17-13)10-4-2-1-3-7-15-10/h5-6,8,10,15,18-19H,1-4,7H2. The third kappa shape index (κ3) is 2.60. The Morgan fingerprint density at radius 1 is 1.15 bits per heavy atom. The zero-order valence-electron chi connectivity index (χ0n) is 11.0. The molecule has 6 heteroatoms. The van der Waals surface area contributed by atoms with Crippen LogP contribution in [-0.4, -0.2) is 26.9 Å². The van der Waals surface area contributed by atoms with Crippen molar-refractivity contribution in [3.63, 3.8) is 0 Å². The second kappa shape index (κ2) is 5.50. The van der Waals surface area contributed by atoms with Crippen LogP contribution in [-0.2, 0) is 0 Å². The van der Waals surface area contributed by atoms with Crippen LogP contribution in [0.15, 0.2) is 22.7 Å². The lowest BCUT2D eigenvalue weighted by Crippen LogP contribution is -2.20.